The molecule has 2 amide bonds. The molecule has 1 aromatic rings. The van der Waals surface area contributed by atoms with Crippen LogP contribution < -0.4 is 4.74 Å². The molecule has 1 heterocycles. The van der Waals surface area contributed by atoms with E-state index < -0.39 is 0 Å². The molecule has 0 spiro atoms. The molecule has 2 atom stereocenters. The Hall–Kier alpha value is -1.88. The molecule has 2 aliphatic rings. The summed E-state index contributed by atoms with van der Waals surface area (Å²) in [6, 6.07) is 4.63. The Labute approximate surface area is 120 Å². The highest BCUT2D eigenvalue weighted by atomic mass is 35.5. The lowest BCUT2D eigenvalue weighted by Crippen LogP contribution is -2.37. The van der Waals surface area contributed by atoms with E-state index in [2.05, 4.69) is 0 Å². The Morgan fingerprint density at radius 3 is 2.55 bits per heavy atom. The average Bonchev–Trinajstić information content (AvgIpc) is 3.19. The van der Waals surface area contributed by atoms with Gasteiger partial charge in [0.2, 0.25) is 11.8 Å². The zero-order valence-corrected chi connectivity index (χ0v) is 11.5. The third kappa shape index (κ3) is 1.98. The van der Waals surface area contributed by atoms with Crippen LogP contribution in [-0.4, -0.2) is 36.2 Å². The van der Waals surface area contributed by atoms with Gasteiger partial charge in [-0.25, -0.2) is 0 Å². The fourth-order valence-corrected chi connectivity index (χ4v) is 2.74. The van der Waals surface area contributed by atoms with Crippen molar-refractivity contribution in [2.75, 3.05) is 13.7 Å². The van der Waals surface area contributed by atoms with Crippen LogP contribution in [0.2, 0.25) is 5.02 Å². The summed E-state index contributed by atoms with van der Waals surface area (Å²) in [6.45, 7) is -0.215. The number of hydrogen-bond acceptors (Lipinski definition) is 4. The van der Waals surface area contributed by atoms with Crippen LogP contribution in [0.4, 0.5) is 0 Å². The van der Waals surface area contributed by atoms with E-state index in [1.165, 1.54) is 13.2 Å². The maximum absolute atomic E-state index is 12.1. The van der Waals surface area contributed by atoms with Crippen LogP contribution in [0.5, 0.6) is 5.75 Å². The van der Waals surface area contributed by atoms with E-state index in [0.717, 1.165) is 4.90 Å². The molecular weight excluding hydrogens is 282 g/mol. The van der Waals surface area contributed by atoms with Crippen molar-refractivity contribution in [3.05, 3.63) is 28.8 Å². The highest BCUT2D eigenvalue weighted by molar-refractivity contribution is 6.32. The van der Waals surface area contributed by atoms with Crippen molar-refractivity contribution in [2.45, 2.75) is 6.42 Å². The number of carbonyl (C=O) groups excluding carboxylic acids is 3. The Morgan fingerprint density at radius 1 is 1.35 bits per heavy atom. The Balaban J connectivity index is 1.75. The maximum Gasteiger partial charge on any atom is 0.233 e. The summed E-state index contributed by atoms with van der Waals surface area (Å²) in [5.41, 5.74) is 0.358. The number of amides is 2. The van der Waals surface area contributed by atoms with Crippen LogP contribution in [0, 0.1) is 11.8 Å². The second-order valence-electron chi connectivity index (χ2n) is 4.98. The van der Waals surface area contributed by atoms with Gasteiger partial charge in [0.05, 0.1) is 30.5 Å². The molecule has 0 radical (unpaired) electrons. The molecule has 5 nitrogen and oxygen atoms in total. The number of carbonyl (C=O) groups is 3. The summed E-state index contributed by atoms with van der Waals surface area (Å²) >= 11 is 5.95. The lowest BCUT2D eigenvalue weighted by atomic mass is 10.1. The first-order valence-electron chi connectivity index (χ1n) is 6.25. The van der Waals surface area contributed by atoms with Crippen LogP contribution in [0.15, 0.2) is 18.2 Å². The molecule has 0 aromatic heterocycles. The molecular formula is C14H12ClNO4. The van der Waals surface area contributed by atoms with E-state index in [1.54, 1.807) is 12.1 Å². The van der Waals surface area contributed by atoms with E-state index in [-0.39, 0.29) is 36.0 Å². The van der Waals surface area contributed by atoms with Crippen molar-refractivity contribution >= 4 is 29.2 Å². The number of piperidine rings is 1. The molecule has 104 valence electrons. The van der Waals surface area contributed by atoms with Gasteiger partial charge in [0.1, 0.15) is 5.75 Å². The fourth-order valence-electron chi connectivity index (χ4n) is 2.48. The Bertz CT molecular complexity index is 608. The zero-order chi connectivity index (χ0) is 14.4. The normalized spacial score (nSPS) is 23.8. The van der Waals surface area contributed by atoms with E-state index in [4.69, 9.17) is 16.3 Å². The number of imide groups is 1. The van der Waals surface area contributed by atoms with Crippen molar-refractivity contribution in [1.29, 1.82) is 0 Å². The monoisotopic (exact) mass is 293 g/mol. The number of Topliss-reactive ketones (excluding diaryl/α,β-unsaturated/α-hetero) is 1. The molecule has 2 fully saturated rings. The second kappa shape index (κ2) is 4.59. The highest BCUT2D eigenvalue weighted by Gasteiger charge is 2.58. The quantitative estimate of drug-likeness (QED) is 0.624. The number of ether oxygens (including phenoxy) is 1. The van der Waals surface area contributed by atoms with Crippen molar-refractivity contribution in [2.24, 2.45) is 11.8 Å². The first-order chi connectivity index (χ1) is 9.52. The topological polar surface area (TPSA) is 63.7 Å². The fraction of sp³-hybridized carbons (Fsp3) is 0.357. The number of fused-ring (bicyclic) bond motifs is 1. The molecule has 1 saturated heterocycles. The molecule has 20 heavy (non-hydrogen) atoms. The summed E-state index contributed by atoms with van der Waals surface area (Å²) in [7, 11) is 1.48. The summed E-state index contributed by atoms with van der Waals surface area (Å²) in [4.78, 5) is 36.8. The van der Waals surface area contributed by atoms with Crippen LogP contribution in [0.1, 0.15) is 16.8 Å². The van der Waals surface area contributed by atoms with Gasteiger partial charge in [-0.15, -0.1) is 0 Å². The number of methoxy groups -OCH3 is 1. The van der Waals surface area contributed by atoms with Gasteiger partial charge < -0.3 is 4.74 Å². The van der Waals surface area contributed by atoms with Gasteiger partial charge in [0.15, 0.2) is 5.78 Å². The number of likely N-dealkylation sites (tertiary alicyclic amines) is 1. The number of halogens is 1. The minimum absolute atomic E-state index is 0.185. The Morgan fingerprint density at radius 2 is 2.00 bits per heavy atom. The summed E-state index contributed by atoms with van der Waals surface area (Å²) < 4.78 is 5.01. The number of hydrogen-bond donors (Lipinski definition) is 0. The van der Waals surface area contributed by atoms with Crippen molar-refractivity contribution in [3.63, 3.8) is 0 Å². The first-order valence-corrected chi connectivity index (χ1v) is 6.62. The molecule has 1 saturated carbocycles. The van der Waals surface area contributed by atoms with Gasteiger partial charge in [-0.05, 0) is 24.6 Å². The van der Waals surface area contributed by atoms with Gasteiger partial charge >= 0.3 is 0 Å². The van der Waals surface area contributed by atoms with E-state index >= 15 is 0 Å². The number of rotatable bonds is 4. The van der Waals surface area contributed by atoms with Gasteiger partial charge in [-0.2, -0.15) is 0 Å². The lowest BCUT2D eigenvalue weighted by Gasteiger charge is -2.15. The molecule has 1 aromatic carbocycles. The Kier molecular flexibility index (Phi) is 3.01. The largest absolute Gasteiger partial charge is 0.495 e. The zero-order valence-electron chi connectivity index (χ0n) is 10.8. The van der Waals surface area contributed by atoms with Gasteiger partial charge in [0, 0.05) is 5.56 Å². The van der Waals surface area contributed by atoms with E-state index in [1.807, 2.05) is 0 Å². The SMILES string of the molecule is COc1ccc(C(=O)CN2C(=O)C3CC3C2=O)cc1Cl. The standard InChI is InChI=1S/C14H12ClNO4/c1-20-12-3-2-7(4-10(12)15)11(17)6-16-13(18)8-5-9(8)14(16)19/h2-4,8-9H,5-6H2,1H3. The van der Waals surface area contributed by atoms with Crippen LogP contribution in [-0.2, 0) is 9.59 Å². The van der Waals surface area contributed by atoms with Gasteiger partial charge in [-0.3, -0.25) is 19.3 Å². The third-order valence-electron chi connectivity index (χ3n) is 3.73. The predicted octanol–water partition coefficient (Wildman–Crippen LogP) is 1.54. The average molecular weight is 294 g/mol. The molecule has 1 aliphatic heterocycles. The minimum atomic E-state index is -0.308. The van der Waals surface area contributed by atoms with Crippen LogP contribution in [0.25, 0.3) is 0 Å². The lowest BCUT2D eigenvalue weighted by molar-refractivity contribution is -0.140. The summed E-state index contributed by atoms with van der Waals surface area (Å²) in [5, 5.41) is 0.320. The van der Waals surface area contributed by atoms with Gasteiger partial charge in [-0.1, -0.05) is 11.6 Å². The van der Waals surface area contributed by atoms with Crippen LogP contribution in [0.3, 0.4) is 0 Å². The summed E-state index contributed by atoms with van der Waals surface area (Å²) in [5.74, 6) is -0.666. The number of benzene rings is 1. The van der Waals surface area contributed by atoms with Crippen molar-refractivity contribution in [3.8, 4) is 5.75 Å². The number of ketones is 1. The molecule has 2 unspecified atom stereocenters. The van der Waals surface area contributed by atoms with Crippen molar-refractivity contribution in [1.82, 2.24) is 4.90 Å². The van der Waals surface area contributed by atoms with E-state index in [0.29, 0.717) is 22.8 Å². The molecule has 3 rings (SSSR count). The second-order valence-corrected chi connectivity index (χ2v) is 5.39. The molecule has 0 bridgehead atoms. The molecule has 6 heteroatoms. The number of nitrogens with zero attached hydrogens (tertiary/aromatic N) is 1. The van der Waals surface area contributed by atoms with Crippen molar-refractivity contribution < 1.29 is 19.1 Å². The highest BCUT2D eigenvalue weighted by Crippen LogP contribution is 2.46. The molecule has 1 aliphatic carbocycles. The predicted molar refractivity (Wildman–Crippen MR) is 70.7 cm³/mol. The third-order valence-corrected chi connectivity index (χ3v) is 4.03. The molecule has 0 N–H and O–H groups in total. The maximum atomic E-state index is 12.1. The van der Waals surface area contributed by atoms with Crippen LogP contribution >= 0.6 is 11.6 Å². The minimum Gasteiger partial charge on any atom is -0.495 e. The first kappa shape index (κ1) is 13.1. The van der Waals surface area contributed by atoms with Gasteiger partial charge in [0.25, 0.3) is 0 Å². The summed E-state index contributed by atoms with van der Waals surface area (Å²) in [6.07, 6.45) is 0.636. The van der Waals surface area contributed by atoms with E-state index in [9.17, 15) is 14.4 Å². The smallest absolute Gasteiger partial charge is 0.233 e.